The van der Waals surface area contributed by atoms with Crippen LogP contribution in [0.15, 0.2) is 48.8 Å². The molecule has 0 unspecified atom stereocenters. The topological polar surface area (TPSA) is 52.1 Å². The number of ether oxygens (including phenoxy) is 1. The van der Waals surface area contributed by atoms with Gasteiger partial charge in [-0.1, -0.05) is 30.3 Å². The van der Waals surface area contributed by atoms with Crippen molar-refractivity contribution in [3.05, 3.63) is 59.9 Å². The van der Waals surface area contributed by atoms with E-state index >= 15 is 0 Å². The van der Waals surface area contributed by atoms with E-state index in [1.54, 1.807) is 12.4 Å². The average Bonchev–Trinajstić information content (AvgIpc) is 2.47. The Morgan fingerprint density at radius 2 is 1.95 bits per heavy atom. The fourth-order valence-corrected chi connectivity index (χ4v) is 2.01. The Morgan fingerprint density at radius 3 is 2.58 bits per heavy atom. The van der Waals surface area contributed by atoms with Crippen LogP contribution in [0.25, 0.3) is 0 Å². The van der Waals surface area contributed by atoms with Crippen molar-refractivity contribution in [3.63, 3.8) is 0 Å². The highest BCUT2D eigenvalue weighted by Gasteiger charge is 2.19. The molecular weight excluding hydrogens is 240 g/mol. The van der Waals surface area contributed by atoms with E-state index in [9.17, 15) is 4.79 Å². The van der Waals surface area contributed by atoms with Gasteiger partial charge in [0.15, 0.2) is 0 Å². The molecule has 0 saturated carbocycles. The van der Waals surface area contributed by atoms with Crippen molar-refractivity contribution in [1.29, 1.82) is 0 Å². The van der Waals surface area contributed by atoms with E-state index in [1.807, 2.05) is 43.3 Å². The summed E-state index contributed by atoms with van der Waals surface area (Å²) in [6, 6.07) is 11.8. The van der Waals surface area contributed by atoms with Crippen molar-refractivity contribution in [2.24, 2.45) is 0 Å². The molecule has 4 nitrogen and oxygen atoms in total. The minimum atomic E-state index is -0.201. The van der Waals surface area contributed by atoms with Crippen LogP contribution in [0.1, 0.15) is 30.4 Å². The first-order valence-corrected chi connectivity index (χ1v) is 6.28. The fraction of sp³-hybridized carbons (Fsp3) is 0.267. The summed E-state index contributed by atoms with van der Waals surface area (Å²) in [4.78, 5) is 11.7. The fourth-order valence-electron chi connectivity index (χ4n) is 2.01. The first kappa shape index (κ1) is 13.2. The Hall–Kier alpha value is -2.23. The number of hydrogen-bond donors (Lipinski definition) is 0. The highest BCUT2D eigenvalue weighted by molar-refractivity contribution is 5.71. The highest BCUT2D eigenvalue weighted by atomic mass is 16.5. The number of carbonyl (C=O) groups is 1. The minimum absolute atomic E-state index is 0.0456. The summed E-state index contributed by atoms with van der Waals surface area (Å²) in [5, 5.41) is 7.65. The lowest BCUT2D eigenvalue weighted by molar-refractivity contribution is -0.143. The summed E-state index contributed by atoms with van der Waals surface area (Å²) in [5.74, 6) is -0.246. The van der Waals surface area contributed by atoms with Crippen molar-refractivity contribution in [2.45, 2.75) is 19.3 Å². The number of benzene rings is 1. The lowest BCUT2D eigenvalue weighted by Gasteiger charge is -2.16. The summed E-state index contributed by atoms with van der Waals surface area (Å²) >= 11 is 0. The molecule has 0 fully saturated rings. The molecule has 1 aromatic carbocycles. The van der Waals surface area contributed by atoms with Gasteiger partial charge >= 0.3 is 5.97 Å². The van der Waals surface area contributed by atoms with Gasteiger partial charge in [-0.15, -0.1) is 0 Å². The third kappa shape index (κ3) is 3.61. The van der Waals surface area contributed by atoms with Gasteiger partial charge in [0.2, 0.25) is 0 Å². The molecule has 0 aliphatic heterocycles. The molecule has 0 radical (unpaired) electrons. The second-order valence-corrected chi connectivity index (χ2v) is 4.15. The van der Waals surface area contributed by atoms with Gasteiger partial charge in [-0.05, 0) is 24.1 Å². The smallest absolute Gasteiger partial charge is 0.306 e. The van der Waals surface area contributed by atoms with Crippen LogP contribution in [-0.2, 0) is 9.53 Å². The first-order chi connectivity index (χ1) is 9.31. The van der Waals surface area contributed by atoms with Crippen molar-refractivity contribution in [2.75, 3.05) is 6.61 Å². The molecule has 4 heteroatoms. The molecule has 19 heavy (non-hydrogen) atoms. The Labute approximate surface area is 112 Å². The minimum Gasteiger partial charge on any atom is -0.466 e. The maximum absolute atomic E-state index is 11.7. The lowest BCUT2D eigenvalue weighted by Crippen LogP contribution is -2.12. The van der Waals surface area contributed by atoms with Gasteiger partial charge in [-0.2, -0.15) is 10.2 Å². The van der Waals surface area contributed by atoms with Crippen LogP contribution in [0.3, 0.4) is 0 Å². The van der Waals surface area contributed by atoms with Crippen LogP contribution in [0, 0.1) is 0 Å². The van der Waals surface area contributed by atoms with Gasteiger partial charge in [0, 0.05) is 12.1 Å². The molecule has 2 rings (SSSR count). The molecule has 1 atom stereocenters. The van der Waals surface area contributed by atoms with Crippen LogP contribution in [-0.4, -0.2) is 22.8 Å². The van der Waals surface area contributed by atoms with Crippen molar-refractivity contribution >= 4 is 5.97 Å². The van der Waals surface area contributed by atoms with Crippen molar-refractivity contribution in [1.82, 2.24) is 10.2 Å². The maximum atomic E-state index is 11.7. The van der Waals surface area contributed by atoms with Gasteiger partial charge in [-0.3, -0.25) is 4.79 Å². The third-order valence-electron chi connectivity index (χ3n) is 2.89. The van der Waals surface area contributed by atoms with E-state index < -0.39 is 0 Å². The third-order valence-corrected chi connectivity index (χ3v) is 2.89. The van der Waals surface area contributed by atoms with Gasteiger partial charge in [-0.25, -0.2) is 0 Å². The lowest BCUT2D eigenvalue weighted by atomic mass is 9.90. The zero-order valence-corrected chi connectivity index (χ0v) is 10.8. The van der Waals surface area contributed by atoms with E-state index in [0.29, 0.717) is 13.0 Å². The summed E-state index contributed by atoms with van der Waals surface area (Å²) in [7, 11) is 0. The van der Waals surface area contributed by atoms with Gasteiger partial charge in [0.25, 0.3) is 0 Å². The van der Waals surface area contributed by atoms with Crippen molar-refractivity contribution in [3.8, 4) is 0 Å². The maximum Gasteiger partial charge on any atom is 0.306 e. The van der Waals surface area contributed by atoms with Crippen LogP contribution in [0.2, 0.25) is 0 Å². The summed E-state index contributed by atoms with van der Waals surface area (Å²) in [5.41, 5.74) is 2.04. The molecule has 0 amide bonds. The zero-order chi connectivity index (χ0) is 13.5. The van der Waals surface area contributed by atoms with E-state index in [2.05, 4.69) is 10.2 Å². The number of aromatic nitrogens is 2. The molecule has 0 N–H and O–H groups in total. The molecule has 0 spiro atoms. The normalized spacial score (nSPS) is 11.8. The largest absolute Gasteiger partial charge is 0.466 e. The van der Waals surface area contributed by atoms with Crippen LogP contribution < -0.4 is 0 Å². The standard InChI is InChI=1S/C15H16N2O2/c1-2-19-15(18)10-14(12-6-4-3-5-7-12)13-8-9-16-17-11-13/h3-9,11,14H,2,10H2,1H3/t14-/m0/s1. The van der Waals surface area contributed by atoms with E-state index in [4.69, 9.17) is 4.74 Å². The molecule has 0 bridgehead atoms. The molecule has 1 aromatic heterocycles. The van der Waals surface area contributed by atoms with Crippen LogP contribution >= 0.6 is 0 Å². The predicted molar refractivity (Wildman–Crippen MR) is 71.6 cm³/mol. The summed E-state index contributed by atoms with van der Waals surface area (Å²) in [6.07, 6.45) is 3.64. The molecule has 0 aliphatic carbocycles. The number of nitrogens with zero attached hydrogens (tertiary/aromatic N) is 2. The predicted octanol–water partition coefficient (Wildman–Crippen LogP) is 2.56. The van der Waals surface area contributed by atoms with Gasteiger partial charge in [0.05, 0.1) is 19.2 Å². The number of carbonyl (C=O) groups excluding carboxylic acids is 1. The van der Waals surface area contributed by atoms with Crippen LogP contribution in [0.4, 0.5) is 0 Å². The SMILES string of the molecule is CCOC(=O)C[C@@H](c1ccccc1)c1ccnnc1. The molecule has 0 saturated heterocycles. The zero-order valence-electron chi connectivity index (χ0n) is 10.8. The van der Waals surface area contributed by atoms with Crippen molar-refractivity contribution < 1.29 is 9.53 Å². The Morgan fingerprint density at radius 1 is 1.16 bits per heavy atom. The molecular formula is C15H16N2O2. The molecule has 98 valence electrons. The Kier molecular flexibility index (Phi) is 4.61. The number of rotatable bonds is 5. The monoisotopic (exact) mass is 256 g/mol. The van der Waals surface area contributed by atoms with Crippen LogP contribution in [0.5, 0.6) is 0 Å². The van der Waals surface area contributed by atoms with E-state index in [-0.39, 0.29) is 11.9 Å². The second-order valence-electron chi connectivity index (χ2n) is 4.15. The Bertz CT molecular complexity index is 475. The number of esters is 1. The number of hydrogen-bond acceptors (Lipinski definition) is 4. The average molecular weight is 256 g/mol. The first-order valence-electron chi connectivity index (χ1n) is 6.28. The molecule has 0 aliphatic rings. The quantitative estimate of drug-likeness (QED) is 0.771. The van der Waals surface area contributed by atoms with E-state index in [0.717, 1.165) is 11.1 Å². The van der Waals surface area contributed by atoms with Gasteiger partial charge in [0.1, 0.15) is 0 Å². The Balaban J connectivity index is 2.26. The summed E-state index contributed by atoms with van der Waals surface area (Å²) in [6.45, 7) is 2.21. The second kappa shape index (κ2) is 6.64. The molecule has 2 aromatic rings. The van der Waals surface area contributed by atoms with Gasteiger partial charge < -0.3 is 4.74 Å². The van der Waals surface area contributed by atoms with E-state index in [1.165, 1.54) is 0 Å². The summed E-state index contributed by atoms with van der Waals surface area (Å²) < 4.78 is 5.04. The highest BCUT2D eigenvalue weighted by Crippen LogP contribution is 2.27. The molecule has 1 heterocycles.